The minimum absolute atomic E-state index is 0.458. The summed E-state index contributed by atoms with van der Waals surface area (Å²) in [4.78, 5) is 13.6. The van der Waals surface area contributed by atoms with Gasteiger partial charge in [0.15, 0.2) is 0 Å². The second-order valence-electron chi connectivity index (χ2n) is 5.38. The topological polar surface area (TPSA) is 52.6 Å². The van der Waals surface area contributed by atoms with Gasteiger partial charge in [0.2, 0.25) is 0 Å². The molecule has 1 saturated heterocycles. The molecule has 1 aromatic carbocycles. The first-order valence-electron chi connectivity index (χ1n) is 6.84. The van der Waals surface area contributed by atoms with Crippen molar-refractivity contribution >= 4 is 5.97 Å². The zero-order chi connectivity index (χ0) is 13.7. The number of hydrogen-bond acceptors (Lipinski definition) is 3. The number of carboxylic acid groups (broad SMARTS) is 1. The minimum atomic E-state index is -0.762. The second-order valence-corrected chi connectivity index (χ2v) is 5.38. The van der Waals surface area contributed by atoms with Crippen LogP contribution < -0.4 is 5.32 Å². The van der Waals surface area contributed by atoms with Crippen molar-refractivity contribution in [2.45, 2.75) is 12.3 Å². The van der Waals surface area contributed by atoms with Gasteiger partial charge in [0, 0.05) is 13.1 Å². The number of likely N-dealkylation sites (tertiary alicyclic amines) is 1. The monoisotopic (exact) mass is 262 g/mol. The Bertz CT molecular complexity index is 408. The van der Waals surface area contributed by atoms with Gasteiger partial charge in [0.1, 0.15) is 0 Å². The molecular weight excluding hydrogens is 240 g/mol. The largest absolute Gasteiger partial charge is 0.481 e. The van der Waals surface area contributed by atoms with Crippen LogP contribution in [0.25, 0.3) is 0 Å². The number of nitrogens with one attached hydrogen (secondary N) is 1. The van der Waals surface area contributed by atoms with Crippen LogP contribution in [0.3, 0.4) is 0 Å². The molecule has 0 aromatic heterocycles. The molecule has 1 fully saturated rings. The summed E-state index contributed by atoms with van der Waals surface area (Å²) in [5, 5.41) is 12.6. The lowest BCUT2D eigenvalue weighted by Crippen LogP contribution is -2.31. The van der Waals surface area contributed by atoms with E-state index in [1.807, 2.05) is 30.3 Å². The van der Waals surface area contributed by atoms with Crippen molar-refractivity contribution in [3.63, 3.8) is 0 Å². The van der Waals surface area contributed by atoms with E-state index in [9.17, 15) is 9.90 Å². The van der Waals surface area contributed by atoms with E-state index in [4.69, 9.17) is 0 Å². The quantitative estimate of drug-likeness (QED) is 0.813. The maximum Gasteiger partial charge on any atom is 0.312 e. The molecule has 0 radical (unpaired) electrons. The van der Waals surface area contributed by atoms with Crippen molar-refractivity contribution in [3.05, 3.63) is 35.9 Å². The van der Waals surface area contributed by atoms with Crippen LogP contribution in [0.1, 0.15) is 17.9 Å². The van der Waals surface area contributed by atoms with Crippen LogP contribution in [0.2, 0.25) is 0 Å². The lowest BCUT2D eigenvalue weighted by Gasteiger charge is -2.16. The third kappa shape index (κ3) is 4.04. The Kier molecular flexibility index (Phi) is 4.93. The van der Waals surface area contributed by atoms with Gasteiger partial charge in [-0.05, 0) is 38.0 Å². The summed E-state index contributed by atoms with van der Waals surface area (Å²) >= 11 is 0. The fourth-order valence-electron chi connectivity index (χ4n) is 2.66. The first kappa shape index (κ1) is 14.0. The minimum Gasteiger partial charge on any atom is -0.481 e. The number of aliphatic carboxylic acids is 1. The number of nitrogens with zero attached hydrogens (tertiary/aromatic N) is 1. The molecule has 2 atom stereocenters. The Hall–Kier alpha value is -1.39. The molecule has 1 aromatic rings. The van der Waals surface area contributed by atoms with Gasteiger partial charge in [-0.2, -0.15) is 0 Å². The molecule has 2 N–H and O–H groups in total. The van der Waals surface area contributed by atoms with Crippen LogP contribution in [0.15, 0.2) is 30.3 Å². The fraction of sp³-hybridized carbons (Fsp3) is 0.533. The van der Waals surface area contributed by atoms with E-state index in [-0.39, 0.29) is 0 Å². The van der Waals surface area contributed by atoms with Crippen LogP contribution in [-0.2, 0) is 4.79 Å². The standard InChI is InChI=1S/C15H22N2O2/c1-17-8-7-12(11-17)9-16-10-14(15(18)19)13-5-3-2-4-6-13/h2-6,12,14,16H,7-11H2,1H3,(H,18,19). The van der Waals surface area contributed by atoms with Crippen molar-refractivity contribution < 1.29 is 9.90 Å². The van der Waals surface area contributed by atoms with Crippen molar-refractivity contribution in [1.29, 1.82) is 0 Å². The SMILES string of the molecule is CN1CCC(CNCC(C(=O)O)c2ccccc2)C1. The van der Waals surface area contributed by atoms with Gasteiger partial charge in [-0.15, -0.1) is 0 Å². The molecule has 1 aliphatic heterocycles. The maximum absolute atomic E-state index is 11.3. The van der Waals surface area contributed by atoms with Crippen LogP contribution >= 0.6 is 0 Å². The lowest BCUT2D eigenvalue weighted by atomic mass is 9.99. The molecule has 19 heavy (non-hydrogen) atoms. The second kappa shape index (κ2) is 6.68. The summed E-state index contributed by atoms with van der Waals surface area (Å²) in [6.45, 7) is 3.66. The lowest BCUT2D eigenvalue weighted by molar-refractivity contribution is -0.138. The maximum atomic E-state index is 11.3. The Morgan fingerprint density at radius 3 is 2.79 bits per heavy atom. The first-order valence-corrected chi connectivity index (χ1v) is 6.84. The van der Waals surface area contributed by atoms with E-state index in [0.29, 0.717) is 12.5 Å². The highest BCUT2D eigenvalue weighted by atomic mass is 16.4. The van der Waals surface area contributed by atoms with Gasteiger partial charge in [-0.25, -0.2) is 0 Å². The Morgan fingerprint density at radius 2 is 2.21 bits per heavy atom. The highest BCUT2D eigenvalue weighted by Crippen LogP contribution is 2.16. The van der Waals surface area contributed by atoms with Gasteiger partial charge in [-0.3, -0.25) is 4.79 Å². The molecule has 1 heterocycles. The summed E-state index contributed by atoms with van der Waals surface area (Å²) < 4.78 is 0. The molecule has 0 saturated carbocycles. The van der Waals surface area contributed by atoms with Crippen molar-refractivity contribution in [1.82, 2.24) is 10.2 Å². The van der Waals surface area contributed by atoms with E-state index < -0.39 is 11.9 Å². The molecule has 0 aliphatic carbocycles. The zero-order valence-electron chi connectivity index (χ0n) is 11.4. The van der Waals surface area contributed by atoms with Gasteiger partial charge in [0.25, 0.3) is 0 Å². The van der Waals surface area contributed by atoms with E-state index in [1.54, 1.807) is 0 Å². The van der Waals surface area contributed by atoms with Crippen molar-refractivity contribution in [2.75, 3.05) is 33.2 Å². The number of benzene rings is 1. The molecule has 4 heteroatoms. The Labute approximate surface area is 114 Å². The van der Waals surface area contributed by atoms with Gasteiger partial charge in [-0.1, -0.05) is 30.3 Å². The van der Waals surface area contributed by atoms with Crippen LogP contribution in [-0.4, -0.2) is 49.2 Å². The molecule has 4 nitrogen and oxygen atoms in total. The summed E-state index contributed by atoms with van der Waals surface area (Å²) in [5.74, 6) is -0.571. The summed E-state index contributed by atoms with van der Waals surface area (Å²) in [6, 6.07) is 9.44. The average molecular weight is 262 g/mol. The molecule has 2 rings (SSSR count). The van der Waals surface area contributed by atoms with Gasteiger partial charge >= 0.3 is 5.97 Å². The number of hydrogen-bond donors (Lipinski definition) is 2. The van der Waals surface area contributed by atoms with E-state index in [2.05, 4.69) is 17.3 Å². The fourth-order valence-corrected chi connectivity index (χ4v) is 2.66. The molecular formula is C15H22N2O2. The molecule has 0 bridgehead atoms. The third-order valence-electron chi connectivity index (χ3n) is 3.77. The Morgan fingerprint density at radius 1 is 1.47 bits per heavy atom. The van der Waals surface area contributed by atoms with Crippen LogP contribution in [0.4, 0.5) is 0 Å². The zero-order valence-corrected chi connectivity index (χ0v) is 11.4. The number of rotatable bonds is 6. The van der Waals surface area contributed by atoms with Gasteiger partial charge in [0.05, 0.1) is 5.92 Å². The van der Waals surface area contributed by atoms with Crippen molar-refractivity contribution in [3.8, 4) is 0 Å². The third-order valence-corrected chi connectivity index (χ3v) is 3.77. The Balaban J connectivity index is 1.83. The predicted molar refractivity (Wildman–Crippen MR) is 75.3 cm³/mol. The highest BCUT2D eigenvalue weighted by molar-refractivity contribution is 5.76. The number of carbonyl (C=O) groups is 1. The highest BCUT2D eigenvalue weighted by Gasteiger charge is 2.22. The van der Waals surface area contributed by atoms with Crippen LogP contribution in [0, 0.1) is 5.92 Å². The van der Waals surface area contributed by atoms with E-state index in [1.165, 1.54) is 6.42 Å². The predicted octanol–water partition coefficient (Wildman–Crippen LogP) is 1.40. The smallest absolute Gasteiger partial charge is 0.312 e. The number of carboxylic acids is 1. The molecule has 104 valence electrons. The van der Waals surface area contributed by atoms with E-state index >= 15 is 0 Å². The summed E-state index contributed by atoms with van der Waals surface area (Å²) in [6.07, 6.45) is 1.20. The van der Waals surface area contributed by atoms with E-state index in [0.717, 1.165) is 25.2 Å². The molecule has 2 unspecified atom stereocenters. The molecule has 1 aliphatic rings. The van der Waals surface area contributed by atoms with Crippen molar-refractivity contribution in [2.24, 2.45) is 5.92 Å². The summed E-state index contributed by atoms with van der Waals surface area (Å²) in [7, 11) is 2.13. The normalized spacial score (nSPS) is 21.4. The molecule has 0 amide bonds. The first-order chi connectivity index (χ1) is 9.16. The van der Waals surface area contributed by atoms with Crippen LogP contribution in [0.5, 0.6) is 0 Å². The average Bonchev–Trinajstić information content (AvgIpc) is 2.81. The van der Waals surface area contributed by atoms with Gasteiger partial charge < -0.3 is 15.3 Å². The summed E-state index contributed by atoms with van der Waals surface area (Å²) in [5.41, 5.74) is 0.867. The molecule has 0 spiro atoms.